The molecule has 1 rings (SSSR count). The molecule has 92 valence electrons. The number of thiol groups is 2. The van der Waals surface area contributed by atoms with Crippen LogP contribution in [0.5, 0.6) is 0 Å². The van der Waals surface area contributed by atoms with Crippen molar-refractivity contribution in [2.24, 2.45) is 0 Å². The molecule has 0 bridgehead atoms. The molecule has 0 N–H and O–H groups in total. The molecule has 0 spiro atoms. The summed E-state index contributed by atoms with van der Waals surface area (Å²) in [5.74, 6) is -0.0536. The average Bonchev–Trinajstić information content (AvgIpc) is 2.27. The van der Waals surface area contributed by atoms with Crippen LogP contribution in [0.1, 0.15) is 39.5 Å². The second kappa shape index (κ2) is 5.82. The van der Waals surface area contributed by atoms with E-state index in [2.05, 4.69) is 25.6 Å². The molecule has 1 saturated carbocycles. The van der Waals surface area contributed by atoms with Crippen LogP contribution in [0.2, 0.25) is 0 Å². The molecule has 2 amide bonds. The van der Waals surface area contributed by atoms with Crippen LogP contribution in [0.25, 0.3) is 0 Å². The lowest BCUT2D eigenvalue weighted by Gasteiger charge is -2.36. The first kappa shape index (κ1) is 13.7. The van der Waals surface area contributed by atoms with Gasteiger partial charge in [-0.15, -0.1) is 0 Å². The Bertz CT molecular complexity index is 250. The van der Waals surface area contributed by atoms with Crippen molar-refractivity contribution >= 4 is 37.4 Å². The van der Waals surface area contributed by atoms with Gasteiger partial charge in [-0.25, -0.2) is 0 Å². The van der Waals surface area contributed by atoms with Crippen molar-refractivity contribution in [3.05, 3.63) is 0 Å². The van der Waals surface area contributed by atoms with Crippen molar-refractivity contribution in [3.8, 4) is 0 Å². The van der Waals surface area contributed by atoms with Gasteiger partial charge in [0.1, 0.15) is 0 Å². The Labute approximate surface area is 107 Å². The summed E-state index contributed by atoms with van der Waals surface area (Å²) in [6.45, 7) is 3.03. The van der Waals surface area contributed by atoms with E-state index in [1.54, 1.807) is 0 Å². The molecule has 0 saturated heterocycles. The van der Waals surface area contributed by atoms with Gasteiger partial charge in [-0.3, -0.25) is 18.2 Å². The maximum Gasteiger partial charge on any atom is 0.229 e. The average molecular weight is 262 g/mol. The van der Waals surface area contributed by atoms with E-state index in [1.165, 1.54) is 22.5 Å². The molecule has 16 heavy (non-hydrogen) atoms. The summed E-state index contributed by atoms with van der Waals surface area (Å²) in [4.78, 5) is 22.3. The van der Waals surface area contributed by atoms with Crippen LogP contribution in [0.3, 0.4) is 0 Å². The summed E-state index contributed by atoms with van der Waals surface area (Å²) in [6.07, 6.45) is 3.49. The summed E-state index contributed by atoms with van der Waals surface area (Å²) in [7, 11) is 0. The van der Waals surface area contributed by atoms with Gasteiger partial charge in [0.2, 0.25) is 11.8 Å². The SMILES string of the molecule is CC(=O)N(S)C1CCC(N(S)C(C)=O)CC1. The first-order chi connectivity index (χ1) is 7.43. The highest BCUT2D eigenvalue weighted by atomic mass is 32.1. The number of carbonyl (C=O) groups is 2. The van der Waals surface area contributed by atoms with E-state index in [9.17, 15) is 9.59 Å². The number of carbonyl (C=O) groups excluding carboxylic acids is 2. The zero-order valence-corrected chi connectivity index (χ0v) is 11.4. The third kappa shape index (κ3) is 3.31. The van der Waals surface area contributed by atoms with E-state index >= 15 is 0 Å². The van der Waals surface area contributed by atoms with Gasteiger partial charge in [0.05, 0.1) is 0 Å². The Hall–Kier alpha value is -0.360. The van der Waals surface area contributed by atoms with Crippen molar-refractivity contribution in [1.82, 2.24) is 8.61 Å². The molecule has 1 aliphatic carbocycles. The van der Waals surface area contributed by atoms with Crippen molar-refractivity contribution in [3.63, 3.8) is 0 Å². The minimum Gasteiger partial charge on any atom is -0.286 e. The summed E-state index contributed by atoms with van der Waals surface area (Å²) >= 11 is 8.35. The van der Waals surface area contributed by atoms with E-state index < -0.39 is 0 Å². The standard InChI is InChI=1S/C10H18N2O2S2/c1-7(13)11(15)9-3-5-10(6-4-9)12(16)8(2)14/h9-10,15-16H,3-6H2,1-2H3. The fourth-order valence-corrected chi connectivity index (χ4v) is 2.52. The molecule has 0 aromatic carbocycles. The van der Waals surface area contributed by atoms with Crippen molar-refractivity contribution < 1.29 is 9.59 Å². The second-order valence-corrected chi connectivity index (χ2v) is 5.05. The highest BCUT2D eigenvalue weighted by Gasteiger charge is 2.29. The van der Waals surface area contributed by atoms with Crippen LogP contribution in [-0.4, -0.2) is 32.5 Å². The Balaban J connectivity index is 2.45. The molecular formula is C10H18N2O2S2. The minimum absolute atomic E-state index is 0.0268. The lowest BCUT2D eigenvalue weighted by molar-refractivity contribution is -0.128. The molecule has 0 aromatic rings. The topological polar surface area (TPSA) is 40.6 Å². The Morgan fingerprint density at radius 2 is 1.12 bits per heavy atom. The maximum absolute atomic E-state index is 11.1. The molecule has 0 aliphatic heterocycles. The number of rotatable bonds is 2. The van der Waals surface area contributed by atoms with Crippen LogP contribution in [0.4, 0.5) is 0 Å². The summed E-state index contributed by atoms with van der Waals surface area (Å²) in [6, 6.07) is 0.372. The zero-order chi connectivity index (χ0) is 12.3. The molecule has 0 atom stereocenters. The lowest BCUT2D eigenvalue weighted by atomic mass is 9.91. The molecule has 0 unspecified atom stereocenters. The predicted octanol–water partition coefficient (Wildman–Crippen LogP) is 1.68. The van der Waals surface area contributed by atoms with Crippen LogP contribution in [0.15, 0.2) is 0 Å². The van der Waals surface area contributed by atoms with Gasteiger partial charge in [0, 0.05) is 25.9 Å². The third-order valence-corrected chi connectivity index (χ3v) is 4.22. The van der Waals surface area contributed by atoms with Gasteiger partial charge in [-0.2, -0.15) is 0 Å². The van der Waals surface area contributed by atoms with Gasteiger partial charge in [-0.05, 0) is 25.7 Å². The Morgan fingerprint density at radius 1 is 0.875 bits per heavy atom. The Morgan fingerprint density at radius 3 is 1.31 bits per heavy atom. The number of hydrogen-bond acceptors (Lipinski definition) is 4. The van der Waals surface area contributed by atoms with Gasteiger partial charge in [-0.1, -0.05) is 25.6 Å². The van der Waals surface area contributed by atoms with Crippen LogP contribution < -0.4 is 0 Å². The van der Waals surface area contributed by atoms with E-state index in [0.29, 0.717) is 0 Å². The largest absolute Gasteiger partial charge is 0.286 e. The van der Waals surface area contributed by atoms with Crippen molar-refractivity contribution in [1.29, 1.82) is 0 Å². The fraction of sp³-hybridized carbons (Fsp3) is 0.800. The first-order valence-electron chi connectivity index (χ1n) is 5.40. The number of hydrogen-bond donors (Lipinski definition) is 2. The molecule has 0 heterocycles. The molecule has 1 fully saturated rings. The summed E-state index contributed by atoms with van der Waals surface area (Å²) in [5, 5.41) is 0. The fourth-order valence-electron chi connectivity index (χ4n) is 2.06. The number of amides is 2. The van der Waals surface area contributed by atoms with Crippen LogP contribution >= 0.6 is 25.6 Å². The smallest absolute Gasteiger partial charge is 0.229 e. The van der Waals surface area contributed by atoms with E-state index in [-0.39, 0.29) is 23.9 Å². The normalized spacial score (nSPS) is 25.0. The molecule has 0 radical (unpaired) electrons. The quantitative estimate of drug-likeness (QED) is 0.744. The van der Waals surface area contributed by atoms with Crippen LogP contribution in [-0.2, 0) is 9.59 Å². The van der Waals surface area contributed by atoms with E-state index in [4.69, 9.17) is 0 Å². The van der Waals surface area contributed by atoms with E-state index in [0.717, 1.165) is 25.7 Å². The highest BCUT2D eigenvalue weighted by molar-refractivity contribution is 7.78. The first-order valence-corrected chi connectivity index (χ1v) is 6.20. The Kier molecular flexibility index (Phi) is 4.98. The monoisotopic (exact) mass is 262 g/mol. The minimum atomic E-state index is -0.0268. The third-order valence-electron chi connectivity index (χ3n) is 3.00. The van der Waals surface area contributed by atoms with Gasteiger partial charge >= 0.3 is 0 Å². The zero-order valence-electron chi connectivity index (χ0n) is 9.59. The van der Waals surface area contributed by atoms with Crippen molar-refractivity contribution in [2.45, 2.75) is 51.6 Å². The molecule has 0 aromatic heterocycles. The van der Waals surface area contributed by atoms with Gasteiger partial charge in [0.25, 0.3) is 0 Å². The molecular weight excluding hydrogens is 244 g/mol. The van der Waals surface area contributed by atoms with Gasteiger partial charge in [0.15, 0.2) is 0 Å². The lowest BCUT2D eigenvalue weighted by Crippen LogP contribution is -2.40. The van der Waals surface area contributed by atoms with Gasteiger partial charge < -0.3 is 0 Å². The van der Waals surface area contributed by atoms with Crippen molar-refractivity contribution in [2.75, 3.05) is 0 Å². The van der Waals surface area contributed by atoms with Crippen LogP contribution in [0, 0.1) is 0 Å². The molecule has 6 heteroatoms. The summed E-state index contributed by atoms with van der Waals surface area (Å²) < 4.78 is 2.99. The second-order valence-electron chi connectivity index (χ2n) is 4.19. The summed E-state index contributed by atoms with van der Waals surface area (Å²) in [5.41, 5.74) is 0. The molecule has 1 aliphatic rings. The highest BCUT2D eigenvalue weighted by Crippen LogP contribution is 2.28. The maximum atomic E-state index is 11.1. The number of nitrogens with zero attached hydrogens (tertiary/aromatic N) is 2. The molecule has 4 nitrogen and oxygen atoms in total. The van der Waals surface area contributed by atoms with E-state index in [1.807, 2.05) is 0 Å². The predicted molar refractivity (Wildman–Crippen MR) is 69.1 cm³/mol.